The molecule has 212 valence electrons. The highest BCUT2D eigenvalue weighted by atomic mass is 16.6. The molecule has 2 heterocycles. The highest BCUT2D eigenvalue weighted by Gasteiger charge is 2.38. The van der Waals surface area contributed by atoms with Crippen LogP contribution in [0.15, 0.2) is 72.8 Å². The minimum Gasteiger partial charge on any atom is -0.519 e. The predicted octanol–water partition coefficient (Wildman–Crippen LogP) is 7.02. The Morgan fingerprint density at radius 2 is 1.10 bits per heavy atom. The maximum atomic E-state index is 6.05. The SMILES string of the molecule is CC(C)(C)Cc1ccc(B2Oc3ccccc3O2)cc1.CC1CC(C)(C)OB(c2ccc(CC(C)(C)C)cc2)O1. The molecular weight excluding hydrogens is 494 g/mol. The average Bonchev–Trinajstić information content (AvgIpc) is 3.26. The van der Waals surface area contributed by atoms with Gasteiger partial charge < -0.3 is 18.6 Å². The van der Waals surface area contributed by atoms with Gasteiger partial charge in [0.2, 0.25) is 0 Å². The largest absolute Gasteiger partial charge is 0.632 e. The normalized spacial score (nSPS) is 18.3. The first-order chi connectivity index (χ1) is 18.7. The van der Waals surface area contributed by atoms with E-state index >= 15 is 0 Å². The van der Waals surface area contributed by atoms with E-state index in [-0.39, 0.29) is 25.9 Å². The third kappa shape index (κ3) is 8.91. The molecule has 6 heteroatoms. The summed E-state index contributed by atoms with van der Waals surface area (Å²) in [5.41, 5.74) is 5.38. The van der Waals surface area contributed by atoms with Crippen molar-refractivity contribution < 1.29 is 18.6 Å². The average molecular weight is 540 g/mol. The van der Waals surface area contributed by atoms with Gasteiger partial charge in [-0.3, -0.25) is 0 Å². The smallest absolute Gasteiger partial charge is 0.519 e. The number of rotatable bonds is 4. The van der Waals surface area contributed by atoms with E-state index in [1.165, 1.54) is 11.1 Å². The van der Waals surface area contributed by atoms with E-state index in [0.717, 1.165) is 41.7 Å². The molecule has 1 saturated heterocycles. The van der Waals surface area contributed by atoms with Gasteiger partial charge >= 0.3 is 14.2 Å². The maximum Gasteiger partial charge on any atom is 0.632 e. The third-order valence-electron chi connectivity index (χ3n) is 6.85. The van der Waals surface area contributed by atoms with Crippen LogP contribution in [0.4, 0.5) is 0 Å². The Kier molecular flexibility index (Phi) is 9.11. The molecule has 0 spiro atoms. The van der Waals surface area contributed by atoms with Gasteiger partial charge in [0, 0.05) is 11.6 Å². The van der Waals surface area contributed by atoms with Crippen molar-refractivity contribution in [2.75, 3.05) is 0 Å². The van der Waals surface area contributed by atoms with Crippen LogP contribution in [0.5, 0.6) is 11.5 Å². The molecule has 2 aliphatic heterocycles. The molecule has 3 aromatic carbocycles. The van der Waals surface area contributed by atoms with E-state index in [0.29, 0.717) is 10.8 Å². The molecule has 2 aliphatic rings. The molecular formula is C34H46B2O4. The second kappa shape index (κ2) is 12.0. The number of benzene rings is 3. The van der Waals surface area contributed by atoms with Gasteiger partial charge in [-0.05, 0) is 79.6 Å². The van der Waals surface area contributed by atoms with Crippen molar-refractivity contribution in [2.24, 2.45) is 10.8 Å². The van der Waals surface area contributed by atoms with Crippen LogP contribution in [0.25, 0.3) is 0 Å². The van der Waals surface area contributed by atoms with Crippen LogP contribution >= 0.6 is 0 Å². The fourth-order valence-electron chi connectivity index (χ4n) is 5.31. The van der Waals surface area contributed by atoms with Gasteiger partial charge in [-0.2, -0.15) is 0 Å². The van der Waals surface area contributed by atoms with E-state index in [1.807, 2.05) is 24.3 Å². The first kappa shape index (κ1) is 30.3. The van der Waals surface area contributed by atoms with E-state index < -0.39 is 0 Å². The van der Waals surface area contributed by atoms with Gasteiger partial charge in [0.15, 0.2) is 0 Å². The Morgan fingerprint density at radius 3 is 1.50 bits per heavy atom. The maximum absolute atomic E-state index is 6.05. The van der Waals surface area contributed by atoms with Gasteiger partial charge in [0.1, 0.15) is 11.5 Å². The molecule has 3 aromatic rings. The second-order valence-electron chi connectivity index (χ2n) is 14.3. The predicted molar refractivity (Wildman–Crippen MR) is 168 cm³/mol. The van der Waals surface area contributed by atoms with Crippen molar-refractivity contribution >= 4 is 25.2 Å². The first-order valence-corrected chi connectivity index (χ1v) is 14.6. The summed E-state index contributed by atoms with van der Waals surface area (Å²) in [5.74, 6) is 1.63. The van der Waals surface area contributed by atoms with Gasteiger partial charge in [0.05, 0.1) is 5.60 Å². The molecule has 0 saturated carbocycles. The molecule has 0 aromatic heterocycles. The van der Waals surface area contributed by atoms with Crippen molar-refractivity contribution in [3.05, 3.63) is 83.9 Å². The van der Waals surface area contributed by atoms with Crippen LogP contribution in [-0.2, 0) is 22.2 Å². The summed E-state index contributed by atoms with van der Waals surface area (Å²) >= 11 is 0. The fourth-order valence-corrected chi connectivity index (χ4v) is 5.31. The van der Waals surface area contributed by atoms with Crippen LogP contribution in [0.2, 0.25) is 0 Å². The summed E-state index contributed by atoms with van der Waals surface area (Å²) in [6, 6.07) is 25.0. The molecule has 40 heavy (non-hydrogen) atoms. The summed E-state index contributed by atoms with van der Waals surface area (Å²) in [5, 5.41) is 0. The Hall–Kier alpha value is -2.69. The lowest BCUT2D eigenvalue weighted by Gasteiger charge is -2.38. The van der Waals surface area contributed by atoms with E-state index in [9.17, 15) is 0 Å². The molecule has 0 aliphatic carbocycles. The van der Waals surface area contributed by atoms with Crippen molar-refractivity contribution in [2.45, 2.75) is 93.3 Å². The minimum absolute atomic E-state index is 0.119. The fraction of sp³-hybridized carbons (Fsp3) is 0.471. The Morgan fingerprint density at radius 1 is 0.675 bits per heavy atom. The zero-order chi connectivity index (χ0) is 29.1. The van der Waals surface area contributed by atoms with Crippen molar-refractivity contribution in [3.8, 4) is 11.5 Å². The van der Waals surface area contributed by atoms with E-state index in [2.05, 4.69) is 111 Å². The quantitative estimate of drug-likeness (QED) is 0.334. The van der Waals surface area contributed by atoms with Gasteiger partial charge in [-0.1, -0.05) is 102 Å². The lowest BCUT2D eigenvalue weighted by Crippen LogP contribution is -2.51. The van der Waals surface area contributed by atoms with Crippen LogP contribution in [0.3, 0.4) is 0 Å². The summed E-state index contributed by atoms with van der Waals surface area (Å²) in [6.07, 6.45) is 3.32. The number of hydrogen-bond acceptors (Lipinski definition) is 4. The molecule has 0 radical (unpaired) electrons. The molecule has 0 N–H and O–H groups in total. The highest BCUT2D eigenvalue weighted by Crippen LogP contribution is 2.32. The minimum atomic E-state index is -0.323. The Balaban J connectivity index is 0.000000185. The van der Waals surface area contributed by atoms with Crippen molar-refractivity contribution in [3.63, 3.8) is 0 Å². The van der Waals surface area contributed by atoms with Crippen molar-refractivity contribution in [1.29, 1.82) is 0 Å². The zero-order valence-electron chi connectivity index (χ0n) is 25.9. The number of hydrogen-bond donors (Lipinski definition) is 0. The molecule has 1 unspecified atom stereocenters. The summed E-state index contributed by atoms with van der Waals surface area (Å²) < 4.78 is 23.6. The van der Waals surface area contributed by atoms with E-state index in [1.54, 1.807) is 0 Å². The second-order valence-corrected chi connectivity index (χ2v) is 14.3. The summed E-state index contributed by atoms with van der Waals surface area (Å²) in [4.78, 5) is 0. The van der Waals surface area contributed by atoms with Crippen LogP contribution in [-0.4, -0.2) is 25.9 Å². The molecule has 4 nitrogen and oxygen atoms in total. The molecule has 1 atom stereocenters. The van der Waals surface area contributed by atoms with Crippen molar-refractivity contribution in [1.82, 2.24) is 0 Å². The van der Waals surface area contributed by atoms with Gasteiger partial charge in [0.25, 0.3) is 0 Å². The van der Waals surface area contributed by atoms with Crippen LogP contribution in [0.1, 0.15) is 79.9 Å². The van der Waals surface area contributed by atoms with Crippen LogP contribution in [0, 0.1) is 10.8 Å². The lowest BCUT2D eigenvalue weighted by atomic mass is 9.74. The lowest BCUT2D eigenvalue weighted by molar-refractivity contribution is -0.0229. The summed E-state index contributed by atoms with van der Waals surface area (Å²) in [6.45, 7) is 19.9. The third-order valence-corrected chi connectivity index (χ3v) is 6.85. The molecule has 0 bridgehead atoms. The monoisotopic (exact) mass is 540 g/mol. The first-order valence-electron chi connectivity index (χ1n) is 14.6. The Bertz CT molecular complexity index is 1220. The number of para-hydroxylation sites is 2. The molecule has 1 fully saturated rings. The zero-order valence-corrected chi connectivity index (χ0v) is 25.9. The molecule has 5 rings (SSSR count). The summed E-state index contributed by atoms with van der Waals surface area (Å²) in [7, 11) is -0.562. The highest BCUT2D eigenvalue weighted by molar-refractivity contribution is 6.63. The van der Waals surface area contributed by atoms with Gasteiger partial charge in [-0.25, -0.2) is 0 Å². The topological polar surface area (TPSA) is 36.9 Å². The molecule has 0 amide bonds. The van der Waals surface area contributed by atoms with Gasteiger partial charge in [-0.15, -0.1) is 0 Å². The standard InChI is InChI=1S/C17H19BO2.C17H27BO2/c1-17(2,3)12-13-8-10-14(11-9-13)18-19-15-6-4-5-7-16(15)20-18;1-13-11-17(5,6)20-18(19-13)15-9-7-14(8-10-15)12-16(2,3)4/h4-11H,12H2,1-3H3;7-10,13H,11-12H2,1-6H3. The van der Waals surface area contributed by atoms with Crippen LogP contribution < -0.4 is 20.2 Å². The van der Waals surface area contributed by atoms with E-state index in [4.69, 9.17) is 18.6 Å². The number of fused-ring (bicyclic) bond motifs is 1. The Labute approximate surface area is 243 Å².